The van der Waals surface area contributed by atoms with E-state index in [1.54, 1.807) is 18.1 Å². The second-order valence-corrected chi connectivity index (χ2v) is 8.13. The van der Waals surface area contributed by atoms with Gasteiger partial charge in [0.2, 0.25) is 11.8 Å². The topological polar surface area (TPSA) is 71.0 Å². The zero-order chi connectivity index (χ0) is 20.1. The number of hydrogen-bond acceptors (Lipinski definition) is 5. The van der Waals surface area contributed by atoms with Gasteiger partial charge in [-0.2, -0.15) is 0 Å². The number of benzene rings is 2. The highest BCUT2D eigenvalue weighted by molar-refractivity contribution is 9.10. The predicted octanol–water partition coefficient (Wildman–Crippen LogP) is 4.44. The number of ether oxygens (including phenoxy) is 1. The Kier molecular flexibility index (Phi) is 6.74. The summed E-state index contributed by atoms with van der Waals surface area (Å²) < 4.78 is 6.10. The number of halogens is 1. The molecule has 0 saturated carbocycles. The van der Waals surface area contributed by atoms with Gasteiger partial charge in [-0.15, -0.1) is 0 Å². The van der Waals surface area contributed by atoms with Crippen molar-refractivity contribution in [1.82, 2.24) is 4.90 Å². The van der Waals surface area contributed by atoms with Crippen LogP contribution in [0.25, 0.3) is 0 Å². The van der Waals surface area contributed by atoms with E-state index in [1.807, 2.05) is 49.4 Å². The van der Waals surface area contributed by atoms with Gasteiger partial charge in [0.25, 0.3) is 0 Å². The molecule has 2 aromatic carbocycles. The lowest BCUT2D eigenvalue weighted by molar-refractivity contribution is -0.129. The Morgan fingerprint density at radius 2 is 2.11 bits per heavy atom. The summed E-state index contributed by atoms with van der Waals surface area (Å²) >= 11 is 4.68. The number of aliphatic imine (C=N–C) groups is 1. The molecule has 0 bridgehead atoms. The highest BCUT2D eigenvalue weighted by Crippen LogP contribution is 2.30. The summed E-state index contributed by atoms with van der Waals surface area (Å²) in [6.07, 6.45) is 0.134. The minimum Gasteiger partial charge on any atom is -0.497 e. The Balaban J connectivity index is 1.82. The second kappa shape index (κ2) is 9.25. The van der Waals surface area contributed by atoms with Crippen LogP contribution < -0.4 is 10.1 Å². The fourth-order valence-electron chi connectivity index (χ4n) is 2.73. The zero-order valence-corrected chi connectivity index (χ0v) is 17.9. The molecular weight excluding hydrogens is 442 g/mol. The van der Waals surface area contributed by atoms with Gasteiger partial charge in [-0.05, 0) is 37.3 Å². The number of rotatable bonds is 5. The highest BCUT2D eigenvalue weighted by Gasteiger charge is 2.35. The summed E-state index contributed by atoms with van der Waals surface area (Å²) in [5, 5.41) is 2.85. The molecule has 1 unspecified atom stereocenters. The van der Waals surface area contributed by atoms with E-state index in [0.29, 0.717) is 28.8 Å². The lowest BCUT2D eigenvalue weighted by Gasteiger charge is -2.30. The van der Waals surface area contributed by atoms with E-state index in [2.05, 4.69) is 26.2 Å². The van der Waals surface area contributed by atoms with Crippen LogP contribution in [-0.2, 0) is 9.59 Å². The first-order valence-electron chi connectivity index (χ1n) is 8.76. The van der Waals surface area contributed by atoms with E-state index >= 15 is 0 Å². The van der Waals surface area contributed by atoms with Gasteiger partial charge in [0.15, 0.2) is 5.17 Å². The first kappa shape index (κ1) is 20.4. The van der Waals surface area contributed by atoms with Crippen LogP contribution in [0.5, 0.6) is 5.75 Å². The van der Waals surface area contributed by atoms with Crippen LogP contribution in [0.4, 0.5) is 11.4 Å². The largest absolute Gasteiger partial charge is 0.497 e. The molecule has 0 aliphatic carbocycles. The average Bonchev–Trinajstić information content (AvgIpc) is 2.68. The summed E-state index contributed by atoms with van der Waals surface area (Å²) in [5.41, 5.74) is 1.35. The van der Waals surface area contributed by atoms with Crippen LogP contribution in [0.3, 0.4) is 0 Å². The third kappa shape index (κ3) is 4.94. The Morgan fingerprint density at radius 3 is 2.82 bits per heavy atom. The van der Waals surface area contributed by atoms with Crippen molar-refractivity contribution in [2.24, 2.45) is 4.99 Å². The average molecular weight is 462 g/mol. The number of carbonyl (C=O) groups is 2. The predicted molar refractivity (Wildman–Crippen MR) is 116 cm³/mol. The minimum atomic E-state index is -0.543. The summed E-state index contributed by atoms with van der Waals surface area (Å²) in [4.78, 5) is 31.5. The smallest absolute Gasteiger partial charge is 0.238 e. The molecule has 8 heteroatoms. The SMILES string of the molecule is CCN1C(=O)CC(C(=O)Nc2cccc(Br)c2)SC1=Nc1cccc(OC)c1. The molecule has 0 aromatic heterocycles. The molecule has 1 N–H and O–H groups in total. The van der Waals surface area contributed by atoms with Crippen molar-refractivity contribution in [2.75, 3.05) is 19.0 Å². The van der Waals surface area contributed by atoms with Crippen molar-refractivity contribution >= 4 is 56.0 Å². The van der Waals surface area contributed by atoms with E-state index < -0.39 is 5.25 Å². The normalized spacial score (nSPS) is 18.2. The van der Waals surface area contributed by atoms with Crippen LogP contribution >= 0.6 is 27.7 Å². The molecule has 1 aliphatic heterocycles. The van der Waals surface area contributed by atoms with Gasteiger partial charge in [0.05, 0.1) is 12.8 Å². The molecule has 1 saturated heterocycles. The monoisotopic (exact) mass is 461 g/mol. The van der Waals surface area contributed by atoms with Crippen molar-refractivity contribution in [3.8, 4) is 5.75 Å². The van der Waals surface area contributed by atoms with Gasteiger partial charge in [0, 0.05) is 29.2 Å². The fraction of sp³-hybridized carbons (Fsp3) is 0.250. The van der Waals surface area contributed by atoms with Gasteiger partial charge >= 0.3 is 0 Å². The molecule has 3 rings (SSSR count). The summed E-state index contributed by atoms with van der Waals surface area (Å²) in [6.45, 7) is 2.38. The van der Waals surface area contributed by atoms with Crippen LogP contribution in [0.15, 0.2) is 58.0 Å². The van der Waals surface area contributed by atoms with E-state index in [-0.39, 0.29) is 18.2 Å². The molecule has 2 amide bonds. The number of amides is 2. The summed E-state index contributed by atoms with van der Waals surface area (Å²) in [6, 6.07) is 14.6. The first-order chi connectivity index (χ1) is 13.5. The summed E-state index contributed by atoms with van der Waals surface area (Å²) in [7, 11) is 1.59. The van der Waals surface area contributed by atoms with Crippen molar-refractivity contribution in [2.45, 2.75) is 18.6 Å². The lowest BCUT2D eigenvalue weighted by atomic mass is 10.2. The number of thioether (sulfide) groups is 1. The number of nitrogens with zero attached hydrogens (tertiary/aromatic N) is 2. The molecule has 1 heterocycles. The lowest BCUT2D eigenvalue weighted by Crippen LogP contribution is -2.45. The van der Waals surface area contributed by atoms with Crippen molar-refractivity contribution in [3.63, 3.8) is 0 Å². The van der Waals surface area contributed by atoms with Gasteiger partial charge in [-0.25, -0.2) is 4.99 Å². The van der Waals surface area contributed by atoms with E-state index in [0.717, 1.165) is 4.47 Å². The number of amidine groups is 1. The Hall–Kier alpha value is -2.32. The van der Waals surface area contributed by atoms with Crippen LogP contribution in [-0.4, -0.2) is 40.8 Å². The van der Waals surface area contributed by atoms with Crippen molar-refractivity contribution in [3.05, 3.63) is 53.0 Å². The molecule has 146 valence electrons. The number of carbonyl (C=O) groups excluding carboxylic acids is 2. The molecule has 0 radical (unpaired) electrons. The highest BCUT2D eigenvalue weighted by atomic mass is 79.9. The Morgan fingerprint density at radius 1 is 1.32 bits per heavy atom. The molecule has 6 nitrogen and oxygen atoms in total. The maximum atomic E-state index is 12.7. The molecule has 2 aromatic rings. The molecular formula is C20H20BrN3O3S. The van der Waals surface area contributed by atoms with Gasteiger partial charge < -0.3 is 10.1 Å². The zero-order valence-electron chi connectivity index (χ0n) is 15.5. The number of methoxy groups -OCH3 is 1. The van der Waals surface area contributed by atoms with Gasteiger partial charge in [-0.1, -0.05) is 39.8 Å². The maximum Gasteiger partial charge on any atom is 0.238 e. The van der Waals surface area contributed by atoms with E-state index in [4.69, 9.17) is 4.74 Å². The van der Waals surface area contributed by atoms with E-state index in [9.17, 15) is 9.59 Å². The number of hydrogen-bond donors (Lipinski definition) is 1. The van der Waals surface area contributed by atoms with Crippen LogP contribution in [0.1, 0.15) is 13.3 Å². The maximum absolute atomic E-state index is 12.7. The summed E-state index contributed by atoms with van der Waals surface area (Å²) in [5.74, 6) is 0.351. The molecule has 1 aliphatic rings. The number of nitrogens with one attached hydrogen (secondary N) is 1. The van der Waals surface area contributed by atoms with E-state index in [1.165, 1.54) is 11.8 Å². The number of anilines is 1. The Bertz CT molecular complexity index is 919. The molecule has 1 fully saturated rings. The molecule has 28 heavy (non-hydrogen) atoms. The van der Waals surface area contributed by atoms with Gasteiger partial charge in [-0.3, -0.25) is 14.5 Å². The van der Waals surface area contributed by atoms with Crippen molar-refractivity contribution in [1.29, 1.82) is 0 Å². The fourth-order valence-corrected chi connectivity index (χ4v) is 4.29. The third-order valence-corrected chi connectivity index (χ3v) is 5.80. The van der Waals surface area contributed by atoms with Crippen LogP contribution in [0, 0.1) is 0 Å². The van der Waals surface area contributed by atoms with Crippen LogP contribution in [0.2, 0.25) is 0 Å². The minimum absolute atomic E-state index is 0.114. The molecule has 1 atom stereocenters. The standard InChI is InChI=1S/C20H20BrN3O3S/c1-3-24-18(25)12-17(19(26)22-14-7-4-6-13(21)10-14)28-20(24)23-15-8-5-9-16(11-15)27-2/h4-11,17H,3,12H2,1-2H3,(H,22,26). The Labute approximate surface area is 176 Å². The van der Waals surface area contributed by atoms with Crippen molar-refractivity contribution < 1.29 is 14.3 Å². The first-order valence-corrected chi connectivity index (χ1v) is 10.4. The van der Waals surface area contributed by atoms with Gasteiger partial charge in [0.1, 0.15) is 11.0 Å². The quantitative estimate of drug-likeness (QED) is 0.714. The molecule has 0 spiro atoms. The second-order valence-electron chi connectivity index (χ2n) is 6.04. The third-order valence-electron chi connectivity index (χ3n) is 4.12.